The van der Waals surface area contributed by atoms with E-state index in [1.165, 1.54) is 38.3 Å². The van der Waals surface area contributed by atoms with E-state index in [9.17, 15) is 4.39 Å². The third-order valence-electron chi connectivity index (χ3n) is 3.88. The van der Waals surface area contributed by atoms with E-state index in [1.54, 1.807) is 0 Å². The Bertz CT molecular complexity index is 418. The Morgan fingerprint density at radius 2 is 2.10 bits per heavy atom. The first-order chi connectivity index (χ1) is 9.70. The number of nitrogens with zero attached hydrogens (tertiary/aromatic N) is 3. The molecule has 0 amide bonds. The highest BCUT2D eigenvalue weighted by molar-refractivity contribution is 5.43. The second-order valence-corrected chi connectivity index (χ2v) is 5.68. The SMILES string of the molecule is CCCNc1ncc(F)c(N(C)CC2CCCCC2)n1. The smallest absolute Gasteiger partial charge is 0.224 e. The molecule has 0 unspecified atom stereocenters. The van der Waals surface area contributed by atoms with E-state index >= 15 is 0 Å². The van der Waals surface area contributed by atoms with Crippen molar-refractivity contribution < 1.29 is 4.39 Å². The van der Waals surface area contributed by atoms with Crippen molar-refractivity contribution in [2.75, 3.05) is 30.4 Å². The predicted molar refractivity (Wildman–Crippen MR) is 80.6 cm³/mol. The van der Waals surface area contributed by atoms with Crippen molar-refractivity contribution in [1.82, 2.24) is 9.97 Å². The Kier molecular flexibility index (Phi) is 5.56. The van der Waals surface area contributed by atoms with Crippen LogP contribution in [0.1, 0.15) is 45.4 Å². The Balaban J connectivity index is 2.01. The van der Waals surface area contributed by atoms with Crippen molar-refractivity contribution in [2.24, 2.45) is 5.92 Å². The van der Waals surface area contributed by atoms with Gasteiger partial charge in [-0.3, -0.25) is 0 Å². The zero-order chi connectivity index (χ0) is 14.4. The van der Waals surface area contributed by atoms with Gasteiger partial charge in [-0.15, -0.1) is 0 Å². The van der Waals surface area contributed by atoms with Crippen LogP contribution in [0.15, 0.2) is 6.20 Å². The normalized spacial score (nSPS) is 16.1. The van der Waals surface area contributed by atoms with Crippen LogP contribution in [0.25, 0.3) is 0 Å². The summed E-state index contributed by atoms with van der Waals surface area (Å²) >= 11 is 0. The topological polar surface area (TPSA) is 41.1 Å². The number of hydrogen-bond donors (Lipinski definition) is 1. The molecule has 1 aliphatic carbocycles. The maximum Gasteiger partial charge on any atom is 0.224 e. The van der Waals surface area contributed by atoms with E-state index in [0.29, 0.717) is 17.7 Å². The summed E-state index contributed by atoms with van der Waals surface area (Å²) in [4.78, 5) is 10.2. The molecule has 0 radical (unpaired) electrons. The van der Waals surface area contributed by atoms with Crippen molar-refractivity contribution in [1.29, 1.82) is 0 Å². The van der Waals surface area contributed by atoms with E-state index in [1.807, 2.05) is 11.9 Å². The Morgan fingerprint density at radius 1 is 1.35 bits per heavy atom. The largest absolute Gasteiger partial charge is 0.357 e. The number of aromatic nitrogens is 2. The number of anilines is 2. The number of halogens is 1. The lowest BCUT2D eigenvalue weighted by Gasteiger charge is -2.27. The van der Waals surface area contributed by atoms with E-state index in [-0.39, 0.29) is 5.82 Å². The lowest BCUT2D eigenvalue weighted by atomic mass is 9.89. The summed E-state index contributed by atoms with van der Waals surface area (Å²) in [5, 5.41) is 3.10. The van der Waals surface area contributed by atoms with Crippen LogP contribution in [0.4, 0.5) is 16.2 Å². The molecule has 2 rings (SSSR count). The molecule has 1 saturated carbocycles. The average molecular weight is 280 g/mol. The van der Waals surface area contributed by atoms with E-state index < -0.39 is 0 Å². The van der Waals surface area contributed by atoms with Gasteiger partial charge in [0.25, 0.3) is 0 Å². The third kappa shape index (κ3) is 4.05. The van der Waals surface area contributed by atoms with E-state index in [2.05, 4.69) is 22.2 Å². The van der Waals surface area contributed by atoms with Crippen LogP contribution in [0.2, 0.25) is 0 Å². The molecule has 112 valence electrons. The second-order valence-electron chi connectivity index (χ2n) is 5.68. The molecule has 0 aromatic carbocycles. The van der Waals surface area contributed by atoms with Crippen molar-refractivity contribution in [3.05, 3.63) is 12.0 Å². The standard InChI is InChI=1S/C15H25FN4/c1-3-9-17-15-18-10-13(16)14(19-15)20(2)11-12-7-5-4-6-8-12/h10,12H,3-9,11H2,1-2H3,(H,17,18,19). The molecule has 1 N–H and O–H groups in total. The number of nitrogens with one attached hydrogen (secondary N) is 1. The fourth-order valence-electron chi connectivity index (χ4n) is 2.79. The van der Waals surface area contributed by atoms with Crippen LogP contribution in [-0.2, 0) is 0 Å². The van der Waals surface area contributed by atoms with Gasteiger partial charge < -0.3 is 10.2 Å². The Hall–Kier alpha value is -1.39. The van der Waals surface area contributed by atoms with Gasteiger partial charge in [0.05, 0.1) is 6.20 Å². The molecule has 5 heteroatoms. The first-order valence-electron chi connectivity index (χ1n) is 7.68. The molecule has 1 fully saturated rings. The molecular formula is C15H25FN4. The lowest BCUT2D eigenvalue weighted by Crippen LogP contribution is -2.28. The highest BCUT2D eigenvalue weighted by Gasteiger charge is 2.18. The van der Waals surface area contributed by atoms with Crippen molar-refractivity contribution in [3.63, 3.8) is 0 Å². The van der Waals surface area contributed by atoms with Gasteiger partial charge in [-0.05, 0) is 25.2 Å². The van der Waals surface area contributed by atoms with Crippen LogP contribution in [-0.4, -0.2) is 30.1 Å². The quantitative estimate of drug-likeness (QED) is 0.866. The van der Waals surface area contributed by atoms with Gasteiger partial charge in [-0.2, -0.15) is 4.98 Å². The molecule has 1 aromatic heterocycles. The average Bonchev–Trinajstić information content (AvgIpc) is 2.47. The summed E-state index contributed by atoms with van der Waals surface area (Å²) in [5.74, 6) is 1.24. The summed E-state index contributed by atoms with van der Waals surface area (Å²) in [6, 6.07) is 0. The minimum Gasteiger partial charge on any atom is -0.357 e. The summed E-state index contributed by atoms with van der Waals surface area (Å²) < 4.78 is 13.9. The van der Waals surface area contributed by atoms with Gasteiger partial charge in [0, 0.05) is 20.1 Å². The van der Waals surface area contributed by atoms with Crippen LogP contribution in [0, 0.1) is 11.7 Å². The maximum atomic E-state index is 13.9. The van der Waals surface area contributed by atoms with Crippen molar-refractivity contribution >= 4 is 11.8 Å². The molecule has 0 aliphatic heterocycles. The minimum atomic E-state index is -0.342. The maximum absolute atomic E-state index is 13.9. The molecule has 1 aliphatic rings. The third-order valence-corrected chi connectivity index (χ3v) is 3.88. The molecular weight excluding hydrogens is 255 g/mol. The summed E-state index contributed by atoms with van der Waals surface area (Å²) in [6.07, 6.45) is 8.69. The Morgan fingerprint density at radius 3 is 2.80 bits per heavy atom. The second kappa shape index (κ2) is 7.41. The molecule has 0 spiro atoms. The van der Waals surface area contributed by atoms with Gasteiger partial charge in [-0.25, -0.2) is 9.37 Å². The van der Waals surface area contributed by atoms with Gasteiger partial charge in [-0.1, -0.05) is 26.2 Å². The number of hydrogen-bond acceptors (Lipinski definition) is 4. The molecule has 0 bridgehead atoms. The minimum absolute atomic E-state index is 0.342. The molecule has 0 saturated heterocycles. The first-order valence-corrected chi connectivity index (χ1v) is 7.68. The van der Waals surface area contributed by atoms with Gasteiger partial charge in [0.15, 0.2) is 11.6 Å². The molecule has 4 nitrogen and oxygen atoms in total. The van der Waals surface area contributed by atoms with Crippen molar-refractivity contribution in [3.8, 4) is 0 Å². The van der Waals surface area contributed by atoms with Crippen molar-refractivity contribution in [2.45, 2.75) is 45.4 Å². The first kappa shape index (κ1) is 15.0. The summed E-state index contributed by atoms with van der Waals surface area (Å²) in [6.45, 7) is 3.76. The molecule has 1 heterocycles. The fraction of sp³-hybridized carbons (Fsp3) is 0.733. The summed E-state index contributed by atoms with van der Waals surface area (Å²) in [7, 11) is 1.92. The predicted octanol–water partition coefficient (Wildman–Crippen LogP) is 3.45. The van der Waals surface area contributed by atoms with Crippen LogP contribution in [0.3, 0.4) is 0 Å². The zero-order valence-corrected chi connectivity index (χ0v) is 12.5. The fourth-order valence-corrected chi connectivity index (χ4v) is 2.79. The van der Waals surface area contributed by atoms with Crippen LogP contribution >= 0.6 is 0 Å². The van der Waals surface area contributed by atoms with Crippen LogP contribution < -0.4 is 10.2 Å². The van der Waals surface area contributed by atoms with Gasteiger partial charge in [0.2, 0.25) is 5.95 Å². The molecule has 1 aromatic rings. The van der Waals surface area contributed by atoms with Crippen LogP contribution in [0.5, 0.6) is 0 Å². The van der Waals surface area contributed by atoms with Gasteiger partial charge in [0.1, 0.15) is 0 Å². The lowest BCUT2D eigenvalue weighted by molar-refractivity contribution is 0.360. The highest BCUT2D eigenvalue weighted by atomic mass is 19.1. The molecule has 0 atom stereocenters. The van der Waals surface area contributed by atoms with E-state index in [0.717, 1.165) is 19.5 Å². The summed E-state index contributed by atoms with van der Waals surface area (Å²) in [5.41, 5.74) is 0. The number of rotatable bonds is 6. The zero-order valence-electron chi connectivity index (χ0n) is 12.5. The van der Waals surface area contributed by atoms with E-state index in [4.69, 9.17) is 0 Å². The molecule has 20 heavy (non-hydrogen) atoms. The monoisotopic (exact) mass is 280 g/mol. The van der Waals surface area contributed by atoms with Gasteiger partial charge >= 0.3 is 0 Å². The highest BCUT2D eigenvalue weighted by Crippen LogP contribution is 2.26. The Labute approximate surface area is 120 Å².